The number of esters is 1. The Morgan fingerprint density at radius 2 is 2.26 bits per heavy atom. The van der Waals surface area contributed by atoms with Crippen LogP contribution < -0.4 is 4.72 Å². The smallest absolute Gasteiger partial charge is 0.348 e. The first-order valence-electron chi connectivity index (χ1n) is 5.30. The van der Waals surface area contributed by atoms with Crippen molar-refractivity contribution in [1.29, 1.82) is 0 Å². The second-order valence-electron chi connectivity index (χ2n) is 3.88. The molecule has 1 heterocycles. The van der Waals surface area contributed by atoms with Gasteiger partial charge in [-0.15, -0.1) is 11.3 Å². The van der Waals surface area contributed by atoms with E-state index < -0.39 is 16.0 Å². The molecule has 1 aromatic rings. The van der Waals surface area contributed by atoms with Crippen molar-refractivity contribution in [2.75, 3.05) is 20.3 Å². The van der Waals surface area contributed by atoms with Crippen LogP contribution in [-0.2, 0) is 14.8 Å². The van der Waals surface area contributed by atoms with Crippen molar-refractivity contribution in [3.05, 3.63) is 14.7 Å². The highest BCUT2D eigenvalue weighted by molar-refractivity contribution is 9.11. The number of aliphatic hydroxyl groups is 1. The van der Waals surface area contributed by atoms with Crippen LogP contribution in [0.15, 0.2) is 14.7 Å². The summed E-state index contributed by atoms with van der Waals surface area (Å²) in [4.78, 5) is 11.5. The summed E-state index contributed by atoms with van der Waals surface area (Å²) in [5.74, 6) is -0.775. The summed E-state index contributed by atoms with van der Waals surface area (Å²) in [5, 5.41) is 8.86. The van der Waals surface area contributed by atoms with Gasteiger partial charge in [-0.05, 0) is 27.9 Å². The van der Waals surface area contributed by atoms with Gasteiger partial charge in [-0.1, -0.05) is 6.92 Å². The van der Waals surface area contributed by atoms with E-state index >= 15 is 0 Å². The first-order chi connectivity index (χ1) is 8.81. The number of carbonyl (C=O) groups excluding carboxylic acids is 1. The van der Waals surface area contributed by atoms with Crippen LogP contribution in [0.1, 0.15) is 16.6 Å². The number of hydrogen-bond acceptors (Lipinski definition) is 6. The molecule has 1 unspecified atom stereocenters. The third-order valence-corrected chi connectivity index (χ3v) is 5.92. The van der Waals surface area contributed by atoms with Gasteiger partial charge >= 0.3 is 5.97 Å². The third kappa shape index (κ3) is 4.25. The zero-order chi connectivity index (χ0) is 14.6. The Morgan fingerprint density at radius 3 is 2.79 bits per heavy atom. The van der Waals surface area contributed by atoms with Gasteiger partial charge in [0.1, 0.15) is 9.77 Å². The fraction of sp³-hybridized carbons (Fsp3) is 0.500. The first-order valence-corrected chi connectivity index (χ1v) is 8.39. The summed E-state index contributed by atoms with van der Waals surface area (Å²) in [6.07, 6.45) is 0. The molecule has 1 atom stereocenters. The highest BCUT2D eigenvalue weighted by atomic mass is 79.9. The normalized spacial score (nSPS) is 13.3. The van der Waals surface area contributed by atoms with Gasteiger partial charge in [0, 0.05) is 13.2 Å². The van der Waals surface area contributed by atoms with Crippen LogP contribution >= 0.6 is 27.3 Å². The van der Waals surface area contributed by atoms with E-state index in [1.165, 1.54) is 13.2 Å². The summed E-state index contributed by atoms with van der Waals surface area (Å²) in [6, 6.07) is 1.26. The fourth-order valence-electron chi connectivity index (χ4n) is 1.13. The van der Waals surface area contributed by atoms with Crippen LogP contribution in [0.3, 0.4) is 0 Å². The molecule has 0 bridgehead atoms. The molecule has 0 saturated heterocycles. The van der Waals surface area contributed by atoms with Crippen LogP contribution in [0.2, 0.25) is 0 Å². The van der Waals surface area contributed by atoms with Crippen molar-refractivity contribution >= 4 is 43.3 Å². The zero-order valence-corrected chi connectivity index (χ0v) is 13.6. The molecule has 0 aliphatic rings. The molecule has 0 aliphatic carbocycles. The number of carbonyl (C=O) groups is 1. The molecule has 6 nitrogen and oxygen atoms in total. The van der Waals surface area contributed by atoms with Gasteiger partial charge in [-0.2, -0.15) is 0 Å². The standard InChI is InChI=1S/C10H14BrNO5S2/c1-6(5-13)4-12-19(15,16)8-3-7(10(14)17-2)18-9(8)11/h3,6,12-13H,4-5H2,1-2H3. The average molecular weight is 372 g/mol. The predicted molar refractivity (Wildman–Crippen MR) is 74.8 cm³/mol. The van der Waals surface area contributed by atoms with Crippen LogP contribution in [0, 0.1) is 5.92 Å². The van der Waals surface area contributed by atoms with Crippen molar-refractivity contribution in [2.45, 2.75) is 11.8 Å². The van der Waals surface area contributed by atoms with Crippen molar-refractivity contribution < 1.29 is 23.1 Å². The first kappa shape index (κ1) is 16.6. The van der Waals surface area contributed by atoms with Crippen molar-refractivity contribution in [1.82, 2.24) is 4.72 Å². The number of ether oxygens (including phenoxy) is 1. The highest BCUT2D eigenvalue weighted by Crippen LogP contribution is 2.32. The third-order valence-electron chi connectivity index (χ3n) is 2.27. The van der Waals surface area contributed by atoms with Crippen LogP contribution in [0.5, 0.6) is 0 Å². The topological polar surface area (TPSA) is 92.7 Å². The summed E-state index contributed by atoms with van der Waals surface area (Å²) < 4.78 is 31.3. The van der Waals surface area contributed by atoms with Crippen molar-refractivity contribution in [3.63, 3.8) is 0 Å². The molecular formula is C10H14BrNO5S2. The molecule has 108 valence electrons. The molecule has 0 amide bonds. The van der Waals surface area contributed by atoms with E-state index in [0.29, 0.717) is 3.79 Å². The molecule has 0 fully saturated rings. The number of thiophene rings is 1. The molecule has 9 heteroatoms. The maximum absolute atomic E-state index is 12.0. The Bertz CT molecular complexity index is 554. The lowest BCUT2D eigenvalue weighted by Gasteiger charge is -2.09. The number of sulfonamides is 1. The van der Waals surface area contributed by atoms with E-state index in [4.69, 9.17) is 5.11 Å². The van der Waals surface area contributed by atoms with Crippen molar-refractivity contribution in [2.24, 2.45) is 5.92 Å². The SMILES string of the molecule is COC(=O)c1cc(S(=O)(=O)NCC(C)CO)c(Br)s1. The van der Waals surface area contributed by atoms with Crippen LogP contribution in [0.4, 0.5) is 0 Å². The Hall–Kier alpha value is -0.480. The zero-order valence-electron chi connectivity index (χ0n) is 10.3. The predicted octanol–water partition coefficient (Wildman–Crippen LogP) is 1.20. The Balaban J connectivity index is 2.95. The molecule has 0 aliphatic heterocycles. The summed E-state index contributed by atoms with van der Waals surface area (Å²) in [5.41, 5.74) is 0. The maximum atomic E-state index is 12.0. The lowest BCUT2D eigenvalue weighted by molar-refractivity contribution is 0.0606. The minimum Gasteiger partial charge on any atom is -0.465 e. The monoisotopic (exact) mass is 371 g/mol. The van der Waals surface area contributed by atoms with Gasteiger partial charge in [-0.3, -0.25) is 0 Å². The van der Waals surface area contributed by atoms with E-state index in [-0.39, 0.29) is 28.8 Å². The Morgan fingerprint density at radius 1 is 1.63 bits per heavy atom. The number of hydrogen-bond donors (Lipinski definition) is 2. The van der Waals surface area contributed by atoms with Crippen molar-refractivity contribution in [3.8, 4) is 0 Å². The molecule has 0 spiro atoms. The summed E-state index contributed by atoms with van der Waals surface area (Å²) in [6.45, 7) is 1.72. The average Bonchev–Trinajstić information content (AvgIpc) is 2.78. The van der Waals surface area contributed by atoms with Gasteiger partial charge < -0.3 is 9.84 Å². The molecule has 1 aromatic heterocycles. The molecule has 1 rings (SSSR count). The molecule has 2 N–H and O–H groups in total. The van der Waals surface area contributed by atoms with E-state index in [1.807, 2.05) is 0 Å². The van der Waals surface area contributed by atoms with Gasteiger partial charge in [0.25, 0.3) is 0 Å². The van der Waals surface area contributed by atoms with E-state index in [0.717, 1.165) is 11.3 Å². The number of halogens is 1. The van der Waals surface area contributed by atoms with Crippen LogP contribution in [0.25, 0.3) is 0 Å². The van der Waals surface area contributed by atoms with E-state index in [9.17, 15) is 13.2 Å². The molecular weight excluding hydrogens is 358 g/mol. The number of rotatable bonds is 6. The fourth-order valence-corrected chi connectivity index (χ4v) is 4.78. The van der Waals surface area contributed by atoms with E-state index in [2.05, 4.69) is 25.4 Å². The highest BCUT2D eigenvalue weighted by Gasteiger charge is 2.23. The maximum Gasteiger partial charge on any atom is 0.348 e. The van der Waals surface area contributed by atoms with Crippen LogP contribution in [-0.4, -0.2) is 39.8 Å². The Labute approximate surface area is 124 Å². The molecule has 0 radical (unpaired) electrons. The molecule has 0 aromatic carbocycles. The number of nitrogens with one attached hydrogen (secondary N) is 1. The quantitative estimate of drug-likeness (QED) is 0.733. The molecule has 0 saturated carbocycles. The lowest BCUT2D eigenvalue weighted by Crippen LogP contribution is -2.29. The van der Waals surface area contributed by atoms with Gasteiger partial charge in [0.05, 0.1) is 10.9 Å². The van der Waals surface area contributed by atoms with E-state index in [1.54, 1.807) is 6.92 Å². The number of aliphatic hydroxyl groups excluding tert-OH is 1. The summed E-state index contributed by atoms with van der Waals surface area (Å²) in [7, 11) is -2.49. The second kappa shape index (κ2) is 6.80. The largest absolute Gasteiger partial charge is 0.465 e. The Kier molecular flexibility index (Phi) is 5.93. The van der Waals surface area contributed by atoms with Gasteiger partial charge in [-0.25, -0.2) is 17.9 Å². The lowest BCUT2D eigenvalue weighted by atomic mass is 10.2. The minimum absolute atomic E-state index is 0.0111. The number of methoxy groups -OCH3 is 1. The molecule has 19 heavy (non-hydrogen) atoms. The van der Waals surface area contributed by atoms with Gasteiger partial charge in [0.2, 0.25) is 10.0 Å². The van der Waals surface area contributed by atoms with Gasteiger partial charge in [0.15, 0.2) is 0 Å². The summed E-state index contributed by atoms with van der Waals surface area (Å²) >= 11 is 4.10. The minimum atomic E-state index is -3.72. The second-order valence-corrected chi connectivity index (χ2v) is 7.99.